The van der Waals surface area contributed by atoms with Crippen LogP contribution in [0.15, 0.2) is 46.9 Å². The number of carbonyl (C=O) groups excluding carboxylic acids is 1. The number of rotatable bonds is 2. The van der Waals surface area contributed by atoms with Gasteiger partial charge in [-0.05, 0) is 46.3 Å². The minimum atomic E-state index is -0.394. The standard InChI is InChI=1S/C13H9BrFNO/c14-11-7-8(15)5-6-9(11)13(17)10-3-1-2-4-12(10)16/h1-7H,16H2. The molecule has 2 aromatic rings. The van der Waals surface area contributed by atoms with E-state index in [1.807, 2.05) is 0 Å². The zero-order valence-corrected chi connectivity index (χ0v) is 10.4. The number of halogens is 2. The predicted octanol–water partition coefficient (Wildman–Crippen LogP) is 3.40. The van der Waals surface area contributed by atoms with Gasteiger partial charge in [0.15, 0.2) is 5.78 Å². The summed E-state index contributed by atoms with van der Waals surface area (Å²) in [5, 5.41) is 0. The average molecular weight is 294 g/mol. The fraction of sp³-hybridized carbons (Fsp3) is 0. The SMILES string of the molecule is Nc1ccccc1C(=O)c1ccc(F)cc1Br. The lowest BCUT2D eigenvalue weighted by Gasteiger charge is -2.06. The molecule has 2 nitrogen and oxygen atoms in total. The average Bonchev–Trinajstić information content (AvgIpc) is 2.29. The topological polar surface area (TPSA) is 43.1 Å². The van der Waals surface area contributed by atoms with Crippen LogP contribution >= 0.6 is 15.9 Å². The van der Waals surface area contributed by atoms with Gasteiger partial charge < -0.3 is 5.73 Å². The van der Waals surface area contributed by atoms with Gasteiger partial charge >= 0.3 is 0 Å². The number of para-hydroxylation sites is 1. The van der Waals surface area contributed by atoms with Gasteiger partial charge in [0.2, 0.25) is 0 Å². The summed E-state index contributed by atoms with van der Waals surface area (Å²) in [4.78, 5) is 12.2. The number of anilines is 1. The van der Waals surface area contributed by atoms with E-state index in [9.17, 15) is 9.18 Å². The third-order valence-electron chi connectivity index (χ3n) is 2.38. The van der Waals surface area contributed by atoms with Gasteiger partial charge in [0, 0.05) is 21.3 Å². The molecule has 0 aromatic heterocycles. The Morgan fingerprint density at radius 2 is 1.82 bits per heavy atom. The zero-order chi connectivity index (χ0) is 12.4. The molecule has 0 amide bonds. The second-order valence-electron chi connectivity index (χ2n) is 3.54. The lowest BCUT2D eigenvalue weighted by molar-refractivity contribution is 0.103. The first-order valence-corrected chi connectivity index (χ1v) is 5.73. The van der Waals surface area contributed by atoms with E-state index in [2.05, 4.69) is 15.9 Å². The van der Waals surface area contributed by atoms with Crippen LogP contribution in [0.3, 0.4) is 0 Å². The molecule has 0 atom stereocenters. The van der Waals surface area contributed by atoms with Gasteiger partial charge in [-0.1, -0.05) is 12.1 Å². The molecule has 4 heteroatoms. The molecule has 0 aliphatic rings. The predicted molar refractivity (Wildman–Crippen MR) is 68.4 cm³/mol. The lowest BCUT2D eigenvalue weighted by Crippen LogP contribution is -2.06. The Kier molecular flexibility index (Phi) is 3.24. The molecule has 2 aromatic carbocycles. The summed E-state index contributed by atoms with van der Waals surface area (Å²) in [6, 6.07) is 10.7. The highest BCUT2D eigenvalue weighted by Gasteiger charge is 2.14. The molecule has 0 heterocycles. The Hall–Kier alpha value is -1.68. The smallest absolute Gasteiger partial charge is 0.196 e. The maximum absolute atomic E-state index is 12.9. The Morgan fingerprint density at radius 3 is 2.47 bits per heavy atom. The van der Waals surface area contributed by atoms with E-state index in [1.54, 1.807) is 24.3 Å². The zero-order valence-electron chi connectivity index (χ0n) is 8.78. The first kappa shape index (κ1) is 11.8. The quantitative estimate of drug-likeness (QED) is 0.681. The van der Waals surface area contributed by atoms with Crippen molar-refractivity contribution in [2.45, 2.75) is 0 Å². The van der Waals surface area contributed by atoms with Gasteiger partial charge in [-0.2, -0.15) is 0 Å². The number of nitrogens with two attached hydrogens (primary N) is 1. The molecule has 0 unspecified atom stereocenters. The van der Waals surface area contributed by atoms with E-state index < -0.39 is 5.82 Å². The fourth-order valence-electron chi connectivity index (χ4n) is 1.52. The van der Waals surface area contributed by atoms with E-state index in [-0.39, 0.29) is 5.78 Å². The van der Waals surface area contributed by atoms with Crippen molar-refractivity contribution >= 4 is 27.4 Å². The number of carbonyl (C=O) groups is 1. The van der Waals surface area contributed by atoms with Crippen LogP contribution in [0.5, 0.6) is 0 Å². The van der Waals surface area contributed by atoms with Gasteiger partial charge in [0.25, 0.3) is 0 Å². The maximum Gasteiger partial charge on any atom is 0.196 e. The minimum absolute atomic E-state index is 0.227. The maximum atomic E-state index is 12.9. The van der Waals surface area contributed by atoms with Gasteiger partial charge in [-0.3, -0.25) is 4.79 Å². The molecule has 86 valence electrons. The van der Waals surface area contributed by atoms with Crippen molar-refractivity contribution < 1.29 is 9.18 Å². The van der Waals surface area contributed by atoms with Gasteiger partial charge in [0.05, 0.1) is 0 Å². The monoisotopic (exact) mass is 293 g/mol. The van der Waals surface area contributed by atoms with E-state index in [4.69, 9.17) is 5.73 Å². The summed E-state index contributed by atoms with van der Waals surface area (Å²) >= 11 is 3.17. The summed E-state index contributed by atoms with van der Waals surface area (Å²) < 4.78 is 13.3. The second-order valence-corrected chi connectivity index (χ2v) is 4.39. The molecule has 0 spiro atoms. The molecule has 0 aliphatic carbocycles. The highest BCUT2D eigenvalue weighted by Crippen LogP contribution is 2.23. The normalized spacial score (nSPS) is 10.2. The Morgan fingerprint density at radius 1 is 1.12 bits per heavy atom. The molecule has 0 radical (unpaired) electrons. The van der Waals surface area contributed by atoms with Gasteiger partial charge in [-0.25, -0.2) is 4.39 Å². The Balaban J connectivity index is 2.48. The van der Waals surface area contributed by atoms with E-state index in [0.29, 0.717) is 21.3 Å². The highest BCUT2D eigenvalue weighted by molar-refractivity contribution is 9.10. The van der Waals surface area contributed by atoms with Crippen molar-refractivity contribution in [3.63, 3.8) is 0 Å². The van der Waals surface area contributed by atoms with E-state index in [0.717, 1.165) is 0 Å². The van der Waals surface area contributed by atoms with Crippen LogP contribution in [-0.2, 0) is 0 Å². The minimum Gasteiger partial charge on any atom is -0.398 e. The van der Waals surface area contributed by atoms with E-state index in [1.165, 1.54) is 18.2 Å². The van der Waals surface area contributed by atoms with Crippen molar-refractivity contribution in [1.29, 1.82) is 0 Å². The third-order valence-corrected chi connectivity index (χ3v) is 3.04. The van der Waals surface area contributed by atoms with Crippen molar-refractivity contribution in [2.75, 3.05) is 5.73 Å². The van der Waals surface area contributed by atoms with Crippen LogP contribution in [0.4, 0.5) is 10.1 Å². The number of hydrogen-bond donors (Lipinski definition) is 1. The van der Waals surface area contributed by atoms with Crippen molar-refractivity contribution in [2.24, 2.45) is 0 Å². The first-order valence-electron chi connectivity index (χ1n) is 4.94. The molecule has 0 saturated heterocycles. The van der Waals surface area contributed by atoms with Gasteiger partial charge in [0.1, 0.15) is 5.82 Å². The Labute approximate surface area is 106 Å². The van der Waals surface area contributed by atoms with E-state index >= 15 is 0 Å². The number of nitrogen functional groups attached to an aromatic ring is 1. The molecule has 0 aliphatic heterocycles. The number of ketones is 1. The number of benzene rings is 2. The van der Waals surface area contributed by atoms with Gasteiger partial charge in [-0.15, -0.1) is 0 Å². The van der Waals surface area contributed by atoms with Crippen molar-refractivity contribution in [3.8, 4) is 0 Å². The molecule has 0 fully saturated rings. The molecule has 2 rings (SSSR count). The molecular formula is C13H9BrFNO. The summed E-state index contributed by atoms with van der Waals surface area (Å²) in [6.45, 7) is 0. The van der Waals surface area contributed by atoms with Crippen molar-refractivity contribution in [3.05, 3.63) is 63.9 Å². The first-order chi connectivity index (χ1) is 8.09. The second kappa shape index (κ2) is 4.67. The molecular weight excluding hydrogens is 285 g/mol. The van der Waals surface area contributed by atoms with Crippen LogP contribution in [-0.4, -0.2) is 5.78 Å². The lowest BCUT2D eigenvalue weighted by atomic mass is 10.0. The van der Waals surface area contributed by atoms with Crippen LogP contribution in [0.25, 0.3) is 0 Å². The summed E-state index contributed by atoms with van der Waals surface area (Å²) in [6.07, 6.45) is 0. The molecule has 2 N–H and O–H groups in total. The van der Waals surface area contributed by atoms with Crippen LogP contribution in [0.1, 0.15) is 15.9 Å². The van der Waals surface area contributed by atoms with Crippen LogP contribution in [0.2, 0.25) is 0 Å². The molecule has 0 saturated carbocycles. The Bertz CT molecular complexity index is 583. The van der Waals surface area contributed by atoms with Crippen LogP contribution < -0.4 is 5.73 Å². The largest absolute Gasteiger partial charge is 0.398 e. The summed E-state index contributed by atoms with van der Waals surface area (Å²) in [7, 11) is 0. The fourth-order valence-corrected chi connectivity index (χ4v) is 2.05. The van der Waals surface area contributed by atoms with Crippen LogP contribution in [0, 0.1) is 5.82 Å². The molecule has 0 bridgehead atoms. The number of hydrogen-bond acceptors (Lipinski definition) is 2. The van der Waals surface area contributed by atoms with Crippen molar-refractivity contribution in [1.82, 2.24) is 0 Å². The summed E-state index contributed by atoms with van der Waals surface area (Å²) in [5.74, 6) is -0.621. The third kappa shape index (κ3) is 2.36. The highest BCUT2D eigenvalue weighted by atomic mass is 79.9. The summed E-state index contributed by atoms with van der Waals surface area (Å²) in [5.41, 5.74) is 6.95. The molecule has 17 heavy (non-hydrogen) atoms.